The number of imidazole rings is 4. The van der Waals surface area contributed by atoms with Crippen LogP contribution in [0.25, 0.3) is 89.3 Å². The summed E-state index contributed by atoms with van der Waals surface area (Å²) in [6.45, 7) is 32.0. The van der Waals surface area contributed by atoms with Gasteiger partial charge in [-0.25, -0.2) is 19.9 Å². The highest BCUT2D eigenvalue weighted by molar-refractivity contribution is 5.89. The fourth-order valence-corrected chi connectivity index (χ4v) is 6.56. The number of aryl methyl sites for hydroxylation is 4. The van der Waals surface area contributed by atoms with Gasteiger partial charge in [0.2, 0.25) is 0 Å². The summed E-state index contributed by atoms with van der Waals surface area (Å²) >= 11 is 0. The number of hydrogen-bond acceptors (Lipinski definition) is 6. The number of nitrogens with one attached hydrogen (secondary N) is 4. The minimum atomic E-state index is 0. The smallest absolute Gasteiger partial charge is 0.157 e. The molecule has 0 saturated carbocycles. The van der Waals surface area contributed by atoms with Crippen LogP contribution < -0.4 is 0 Å². The Kier molecular flexibility index (Phi) is 24.9. The first-order valence-electron chi connectivity index (χ1n) is 23.1. The van der Waals surface area contributed by atoms with Crippen LogP contribution in [-0.2, 0) is 0 Å². The Labute approximate surface area is 395 Å². The molecule has 66 heavy (non-hydrogen) atoms. The summed E-state index contributed by atoms with van der Waals surface area (Å²) in [5, 5.41) is 0. The SMILES string of the molecule is C.C.CC.CC.CC.CC.CC.CC.Cc1ccc(-c2nc3ccc(-c4ccc5nc(C)[nH]c5c4)cc3[nH]2)nc1.Cc1cncc(-c2nc3ccc(-c4ccc5nc(C)[nH]c5c4)cc3[nH]2)c1. The lowest BCUT2D eigenvalue weighted by molar-refractivity contribution is 1.17. The number of aromatic nitrogens is 10. The third-order valence-corrected chi connectivity index (χ3v) is 9.13. The molecule has 0 saturated heterocycles. The molecule has 0 radical (unpaired) electrons. The summed E-state index contributed by atoms with van der Waals surface area (Å²) in [5.41, 5.74) is 16.7. The van der Waals surface area contributed by atoms with Gasteiger partial charge in [0.15, 0.2) is 5.82 Å². The first-order chi connectivity index (χ1) is 31.3. The first kappa shape index (κ1) is 57.1. The first-order valence-corrected chi connectivity index (χ1v) is 23.1. The molecule has 0 aliphatic carbocycles. The van der Waals surface area contributed by atoms with Crippen molar-refractivity contribution in [1.29, 1.82) is 0 Å². The highest BCUT2D eigenvalue weighted by Crippen LogP contribution is 2.29. The van der Waals surface area contributed by atoms with Gasteiger partial charge in [-0.3, -0.25) is 9.97 Å². The normalized spacial score (nSPS) is 9.58. The van der Waals surface area contributed by atoms with Crippen molar-refractivity contribution in [2.75, 3.05) is 0 Å². The summed E-state index contributed by atoms with van der Waals surface area (Å²) in [4.78, 5) is 40.4. The van der Waals surface area contributed by atoms with E-state index >= 15 is 0 Å². The Morgan fingerprint density at radius 3 is 1.11 bits per heavy atom. The van der Waals surface area contributed by atoms with E-state index in [0.717, 1.165) is 112 Å². The number of pyridine rings is 2. The van der Waals surface area contributed by atoms with Gasteiger partial charge in [0.1, 0.15) is 23.2 Å². The molecule has 6 heterocycles. The molecule has 4 aromatic carbocycles. The molecule has 4 N–H and O–H groups in total. The molecule has 10 rings (SSSR count). The van der Waals surface area contributed by atoms with Gasteiger partial charge in [-0.1, -0.05) is 128 Å². The van der Waals surface area contributed by atoms with Crippen LogP contribution in [0, 0.1) is 27.7 Å². The van der Waals surface area contributed by atoms with E-state index in [-0.39, 0.29) is 14.9 Å². The minimum Gasteiger partial charge on any atom is -0.342 e. The summed E-state index contributed by atoms with van der Waals surface area (Å²) in [5.74, 6) is 3.48. The maximum absolute atomic E-state index is 4.70. The zero-order valence-corrected chi connectivity index (χ0v) is 41.1. The summed E-state index contributed by atoms with van der Waals surface area (Å²) < 4.78 is 0. The second-order valence-corrected chi connectivity index (χ2v) is 13.2. The molecule has 0 spiro atoms. The molecule has 0 atom stereocenters. The quantitative estimate of drug-likeness (QED) is 0.139. The van der Waals surface area contributed by atoms with Crippen molar-refractivity contribution in [3.8, 4) is 45.2 Å². The van der Waals surface area contributed by atoms with Gasteiger partial charge < -0.3 is 19.9 Å². The lowest BCUT2D eigenvalue weighted by Gasteiger charge is -2.01. The average Bonchev–Trinajstić information content (AvgIpc) is 4.16. The van der Waals surface area contributed by atoms with Crippen LogP contribution >= 0.6 is 0 Å². The van der Waals surface area contributed by atoms with Crippen molar-refractivity contribution in [3.63, 3.8) is 0 Å². The molecule has 0 fully saturated rings. The molecule has 10 heteroatoms. The van der Waals surface area contributed by atoms with Crippen LogP contribution in [0.1, 0.15) is 121 Å². The fraction of sp³-hybridized carbons (Fsp3) is 0.321. The van der Waals surface area contributed by atoms with E-state index in [0.29, 0.717) is 0 Å². The summed E-state index contributed by atoms with van der Waals surface area (Å²) in [6, 6.07) is 31.3. The zero-order chi connectivity index (χ0) is 47.3. The molecule has 10 nitrogen and oxygen atoms in total. The second-order valence-electron chi connectivity index (χ2n) is 13.2. The van der Waals surface area contributed by atoms with Crippen molar-refractivity contribution >= 4 is 44.1 Å². The predicted molar refractivity (Wildman–Crippen MR) is 289 cm³/mol. The van der Waals surface area contributed by atoms with Gasteiger partial charge >= 0.3 is 0 Å². The largest absolute Gasteiger partial charge is 0.342 e. The van der Waals surface area contributed by atoms with Gasteiger partial charge in [-0.15, -0.1) is 0 Å². The van der Waals surface area contributed by atoms with E-state index in [4.69, 9.17) is 4.98 Å². The minimum absolute atomic E-state index is 0. The third-order valence-electron chi connectivity index (χ3n) is 9.13. The lowest BCUT2D eigenvalue weighted by atomic mass is 10.0. The maximum Gasteiger partial charge on any atom is 0.157 e. The van der Waals surface area contributed by atoms with E-state index in [2.05, 4.69) is 112 Å². The van der Waals surface area contributed by atoms with E-state index in [1.54, 1.807) is 0 Å². The summed E-state index contributed by atoms with van der Waals surface area (Å²) in [7, 11) is 0. The van der Waals surface area contributed by atoms with Crippen LogP contribution in [0.4, 0.5) is 0 Å². The average molecular weight is 891 g/mol. The van der Waals surface area contributed by atoms with Crippen LogP contribution in [0.2, 0.25) is 0 Å². The van der Waals surface area contributed by atoms with Gasteiger partial charge in [0, 0.05) is 24.2 Å². The van der Waals surface area contributed by atoms with E-state index in [9.17, 15) is 0 Å². The van der Waals surface area contributed by atoms with Crippen molar-refractivity contribution in [1.82, 2.24) is 49.8 Å². The molecule has 0 bridgehead atoms. The Bertz CT molecular complexity index is 2910. The molecule has 6 aromatic heterocycles. The van der Waals surface area contributed by atoms with Gasteiger partial charge in [-0.2, -0.15) is 0 Å². The summed E-state index contributed by atoms with van der Waals surface area (Å²) in [6.07, 6.45) is 5.53. The Balaban J connectivity index is 0.000000526. The Morgan fingerprint density at radius 2 is 0.712 bits per heavy atom. The van der Waals surface area contributed by atoms with Crippen LogP contribution in [0.15, 0.2) is 110 Å². The fourth-order valence-electron chi connectivity index (χ4n) is 6.56. The standard InChI is InChI=1S/2C21H17N5.6C2H6.2CH4/c1-12-3-6-18(22-11-12)21-25-17-8-5-15(10-20(17)26-21)14-4-7-16-19(9-14)24-13(2)23-16;1-12-7-16(11-22-10-12)21-25-18-6-4-15(9-20(18)26-21)14-3-5-17-19(8-14)24-13(2)23-17;6*1-2;;/h2*3-11H,1-2H3,(H,23,24)(H,25,26);6*1-2H3;2*1H4. The highest BCUT2D eigenvalue weighted by atomic mass is 15.0. The molecular formula is C56H78N10. The number of benzene rings is 4. The van der Waals surface area contributed by atoms with Crippen LogP contribution in [0.3, 0.4) is 0 Å². The van der Waals surface area contributed by atoms with Crippen molar-refractivity contribution in [2.45, 2.75) is 126 Å². The van der Waals surface area contributed by atoms with Gasteiger partial charge in [0.05, 0.1) is 44.1 Å². The third kappa shape index (κ3) is 14.0. The van der Waals surface area contributed by atoms with E-state index in [1.807, 2.05) is 154 Å². The van der Waals surface area contributed by atoms with Gasteiger partial charge in [-0.05, 0) is 122 Å². The number of H-pyrrole nitrogens is 4. The van der Waals surface area contributed by atoms with E-state index < -0.39 is 0 Å². The number of fused-ring (bicyclic) bond motifs is 4. The molecule has 0 amide bonds. The molecule has 352 valence electrons. The predicted octanol–water partition coefficient (Wildman–Crippen LogP) is 17.0. The Hall–Kier alpha value is -6.94. The number of aromatic amines is 4. The number of rotatable bonds is 4. The van der Waals surface area contributed by atoms with E-state index in [1.165, 1.54) is 0 Å². The van der Waals surface area contributed by atoms with Crippen molar-refractivity contribution in [2.24, 2.45) is 0 Å². The highest BCUT2D eigenvalue weighted by Gasteiger charge is 2.11. The maximum atomic E-state index is 4.70. The Morgan fingerprint density at radius 1 is 0.333 bits per heavy atom. The number of hydrogen-bond donors (Lipinski definition) is 4. The van der Waals surface area contributed by atoms with Crippen LogP contribution in [0.5, 0.6) is 0 Å². The van der Waals surface area contributed by atoms with Crippen molar-refractivity contribution < 1.29 is 0 Å². The molecular weight excluding hydrogens is 813 g/mol. The van der Waals surface area contributed by atoms with Crippen molar-refractivity contribution in [3.05, 3.63) is 132 Å². The molecule has 0 aliphatic heterocycles. The monoisotopic (exact) mass is 891 g/mol. The lowest BCUT2D eigenvalue weighted by Crippen LogP contribution is -1.85. The molecule has 0 aliphatic rings. The topological polar surface area (TPSA) is 140 Å². The second kappa shape index (κ2) is 28.8. The molecule has 0 unspecified atom stereocenters. The van der Waals surface area contributed by atoms with Gasteiger partial charge in [0.25, 0.3) is 0 Å². The zero-order valence-electron chi connectivity index (χ0n) is 41.1. The number of nitrogens with zero attached hydrogens (tertiary/aromatic N) is 6. The molecule has 10 aromatic rings. The van der Waals surface area contributed by atoms with Crippen LogP contribution in [-0.4, -0.2) is 49.8 Å².